The van der Waals surface area contributed by atoms with Crippen LogP contribution in [0.2, 0.25) is 0 Å². The zero-order valence-corrected chi connectivity index (χ0v) is 11.0. The van der Waals surface area contributed by atoms with Gasteiger partial charge in [0.15, 0.2) is 0 Å². The van der Waals surface area contributed by atoms with Crippen molar-refractivity contribution in [1.29, 1.82) is 0 Å². The summed E-state index contributed by atoms with van der Waals surface area (Å²) in [6, 6.07) is 0. The third-order valence-electron chi connectivity index (χ3n) is 5.96. The third kappa shape index (κ3) is 0.971. The summed E-state index contributed by atoms with van der Waals surface area (Å²) in [5.41, 5.74) is 1.87. The number of rotatable bonds is 0. The van der Waals surface area contributed by atoms with Crippen molar-refractivity contribution in [2.45, 2.75) is 53.1 Å². The SMILES string of the molecule is CC1=C[C@@H]2CC(C)(C)C(O)[C@@]23[C@H](C)CC[C@@H]13. The first kappa shape index (κ1) is 10.8. The van der Waals surface area contributed by atoms with Gasteiger partial charge in [0, 0.05) is 5.41 Å². The van der Waals surface area contributed by atoms with E-state index < -0.39 is 0 Å². The molecule has 3 rings (SSSR count). The lowest BCUT2D eigenvalue weighted by molar-refractivity contribution is -0.0481. The Labute approximate surface area is 98.9 Å². The van der Waals surface area contributed by atoms with Crippen LogP contribution >= 0.6 is 0 Å². The lowest BCUT2D eigenvalue weighted by atomic mass is 9.65. The molecule has 1 N–H and O–H groups in total. The van der Waals surface area contributed by atoms with Crippen molar-refractivity contribution in [3.63, 3.8) is 0 Å². The van der Waals surface area contributed by atoms with Crippen molar-refractivity contribution in [2.75, 3.05) is 0 Å². The van der Waals surface area contributed by atoms with E-state index in [1.807, 2.05) is 0 Å². The van der Waals surface area contributed by atoms with Crippen LogP contribution in [0, 0.1) is 28.6 Å². The van der Waals surface area contributed by atoms with Crippen molar-refractivity contribution < 1.29 is 5.11 Å². The summed E-state index contributed by atoms with van der Waals surface area (Å²) < 4.78 is 0. The molecule has 0 aromatic carbocycles. The number of aliphatic hydroxyl groups excluding tert-OH is 1. The number of aliphatic hydroxyl groups is 1. The van der Waals surface area contributed by atoms with Crippen LogP contribution in [0.25, 0.3) is 0 Å². The summed E-state index contributed by atoms with van der Waals surface area (Å²) in [5.74, 6) is 2.00. The number of hydrogen-bond donors (Lipinski definition) is 1. The predicted octanol–water partition coefficient (Wildman–Crippen LogP) is 3.39. The van der Waals surface area contributed by atoms with Gasteiger partial charge in [-0.15, -0.1) is 0 Å². The summed E-state index contributed by atoms with van der Waals surface area (Å²) in [6.07, 6.45) is 6.15. The normalized spacial score (nSPS) is 53.7. The summed E-state index contributed by atoms with van der Waals surface area (Å²) >= 11 is 0. The highest BCUT2D eigenvalue weighted by atomic mass is 16.3. The van der Waals surface area contributed by atoms with E-state index in [4.69, 9.17) is 0 Å². The first-order chi connectivity index (χ1) is 7.40. The van der Waals surface area contributed by atoms with Crippen molar-refractivity contribution in [3.05, 3.63) is 11.6 Å². The molecule has 0 aromatic heterocycles. The van der Waals surface area contributed by atoms with Gasteiger partial charge in [-0.2, -0.15) is 0 Å². The number of hydrogen-bond acceptors (Lipinski definition) is 1. The Morgan fingerprint density at radius 2 is 2.00 bits per heavy atom. The zero-order valence-electron chi connectivity index (χ0n) is 11.0. The molecule has 1 heteroatoms. The standard InChI is InChI=1S/C15H24O/c1-9-7-11-8-14(3,4)13(16)15(11)10(2)5-6-12(9)15/h7,10-13,16H,5-6,8H2,1-4H3/t10-,11-,12+,13?,15+/m1/s1. The fourth-order valence-corrected chi connectivity index (χ4v) is 5.34. The van der Waals surface area contributed by atoms with E-state index >= 15 is 0 Å². The average Bonchev–Trinajstić information content (AvgIpc) is 2.71. The average molecular weight is 220 g/mol. The van der Waals surface area contributed by atoms with Gasteiger partial charge in [0.1, 0.15) is 0 Å². The van der Waals surface area contributed by atoms with E-state index in [0.717, 1.165) is 0 Å². The second kappa shape index (κ2) is 2.93. The molecule has 2 saturated carbocycles. The predicted molar refractivity (Wildman–Crippen MR) is 66.0 cm³/mol. The molecule has 90 valence electrons. The highest BCUT2D eigenvalue weighted by molar-refractivity contribution is 5.31. The molecule has 0 heterocycles. The molecule has 3 aliphatic rings. The van der Waals surface area contributed by atoms with Gasteiger partial charge in [-0.25, -0.2) is 0 Å². The van der Waals surface area contributed by atoms with E-state index in [0.29, 0.717) is 17.8 Å². The Hall–Kier alpha value is -0.300. The summed E-state index contributed by atoms with van der Waals surface area (Å²) in [4.78, 5) is 0. The van der Waals surface area contributed by atoms with Crippen molar-refractivity contribution in [1.82, 2.24) is 0 Å². The molecule has 0 saturated heterocycles. The molecule has 0 radical (unpaired) electrons. The molecule has 1 spiro atoms. The molecule has 5 atom stereocenters. The van der Waals surface area contributed by atoms with Gasteiger partial charge < -0.3 is 5.11 Å². The van der Waals surface area contributed by atoms with Crippen LogP contribution in [0.5, 0.6) is 0 Å². The molecular weight excluding hydrogens is 196 g/mol. The largest absolute Gasteiger partial charge is 0.392 e. The molecule has 0 aromatic rings. The van der Waals surface area contributed by atoms with Crippen LogP contribution < -0.4 is 0 Å². The highest BCUT2D eigenvalue weighted by Gasteiger charge is 2.67. The molecular formula is C15H24O. The van der Waals surface area contributed by atoms with Crippen LogP contribution in [0.3, 0.4) is 0 Å². The zero-order chi connectivity index (χ0) is 11.7. The topological polar surface area (TPSA) is 20.2 Å². The van der Waals surface area contributed by atoms with Gasteiger partial charge in [0.2, 0.25) is 0 Å². The molecule has 0 bridgehead atoms. The smallest absolute Gasteiger partial charge is 0.0661 e. The van der Waals surface area contributed by atoms with E-state index in [1.165, 1.54) is 19.3 Å². The maximum absolute atomic E-state index is 10.8. The molecule has 3 aliphatic carbocycles. The molecule has 1 unspecified atom stereocenters. The summed E-state index contributed by atoms with van der Waals surface area (Å²) in [5, 5.41) is 10.8. The van der Waals surface area contributed by atoms with Crippen LogP contribution in [-0.2, 0) is 0 Å². The minimum absolute atomic E-state index is 0.110. The fraction of sp³-hybridized carbons (Fsp3) is 0.867. The molecule has 0 amide bonds. The second-order valence-electron chi connectivity index (χ2n) is 7.14. The summed E-state index contributed by atoms with van der Waals surface area (Å²) in [7, 11) is 0. The quantitative estimate of drug-likeness (QED) is 0.620. The Balaban J connectivity index is 2.12. The number of allylic oxidation sites excluding steroid dienone is 2. The van der Waals surface area contributed by atoms with Crippen LogP contribution in [0.1, 0.15) is 47.0 Å². The van der Waals surface area contributed by atoms with Gasteiger partial charge in [0.25, 0.3) is 0 Å². The van der Waals surface area contributed by atoms with Crippen LogP contribution in [-0.4, -0.2) is 11.2 Å². The van der Waals surface area contributed by atoms with E-state index in [2.05, 4.69) is 33.8 Å². The maximum Gasteiger partial charge on any atom is 0.0661 e. The van der Waals surface area contributed by atoms with E-state index in [9.17, 15) is 5.11 Å². The monoisotopic (exact) mass is 220 g/mol. The highest BCUT2D eigenvalue weighted by Crippen LogP contribution is 2.69. The molecule has 1 nitrogen and oxygen atoms in total. The van der Waals surface area contributed by atoms with Crippen molar-refractivity contribution >= 4 is 0 Å². The van der Waals surface area contributed by atoms with Crippen molar-refractivity contribution in [3.8, 4) is 0 Å². The molecule has 0 aliphatic heterocycles. The first-order valence-corrected chi connectivity index (χ1v) is 6.77. The van der Waals surface area contributed by atoms with Crippen LogP contribution in [0.15, 0.2) is 11.6 Å². The maximum atomic E-state index is 10.8. The first-order valence-electron chi connectivity index (χ1n) is 6.77. The lowest BCUT2D eigenvalue weighted by Gasteiger charge is -2.41. The summed E-state index contributed by atoms with van der Waals surface area (Å²) in [6.45, 7) is 9.14. The minimum atomic E-state index is -0.110. The lowest BCUT2D eigenvalue weighted by Crippen LogP contribution is -2.44. The Morgan fingerprint density at radius 3 is 2.69 bits per heavy atom. The van der Waals surface area contributed by atoms with E-state index in [-0.39, 0.29) is 16.9 Å². The minimum Gasteiger partial charge on any atom is -0.392 e. The Bertz CT molecular complexity index is 354. The molecule has 16 heavy (non-hydrogen) atoms. The second-order valence-corrected chi connectivity index (χ2v) is 7.14. The van der Waals surface area contributed by atoms with Crippen LogP contribution in [0.4, 0.5) is 0 Å². The Morgan fingerprint density at radius 1 is 1.31 bits per heavy atom. The molecule has 2 fully saturated rings. The van der Waals surface area contributed by atoms with Gasteiger partial charge in [-0.1, -0.05) is 32.4 Å². The van der Waals surface area contributed by atoms with E-state index in [1.54, 1.807) is 5.57 Å². The third-order valence-corrected chi connectivity index (χ3v) is 5.96. The van der Waals surface area contributed by atoms with Gasteiger partial charge in [-0.3, -0.25) is 0 Å². The van der Waals surface area contributed by atoms with Gasteiger partial charge in [-0.05, 0) is 49.4 Å². The van der Waals surface area contributed by atoms with Crippen molar-refractivity contribution in [2.24, 2.45) is 28.6 Å². The fourth-order valence-electron chi connectivity index (χ4n) is 5.34. The van der Waals surface area contributed by atoms with Gasteiger partial charge in [0.05, 0.1) is 6.10 Å². The van der Waals surface area contributed by atoms with Gasteiger partial charge >= 0.3 is 0 Å². The Kier molecular flexibility index (Phi) is 1.98.